The van der Waals surface area contributed by atoms with Crippen LogP contribution in [0.3, 0.4) is 0 Å². The highest BCUT2D eigenvalue weighted by Gasteiger charge is 2.25. The Kier molecular flexibility index (Phi) is 6.12. The quantitative estimate of drug-likeness (QED) is 0.764. The zero-order chi connectivity index (χ0) is 20.1. The first-order valence-electron chi connectivity index (χ1n) is 9.93. The Morgan fingerprint density at radius 2 is 1.86 bits per heavy atom. The number of benzene rings is 2. The van der Waals surface area contributed by atoms with Crippen LogP contribution < -0.4 is 14.8 Å². The fourth-order valence-corrected chi connectivity index (χ4v) is 3.70. The molecule has 29 heavy (non-hydrogen) atoms. The number of morpholine rings is 1. The summed E-state index contributed by atoms with van der Waals surface area (Å²) in [6, 6.07) is 16.0. The van der Waals surface area contributed by atoms with E-state index in [1.807, 2.05) is 55.5 Å². The van der Waals surface area contributed by atoms with Gasteiger partial charge in [-0.3, -0.25) is 9.69 Å². The van der Waals surface area contributed by atoms with E-state index in [0.29, 0.717) is 19.8 Å². The van der Waals surface area contributed by atoms with Crippen LogP contribution in [0.15, 0.2) is 54.6 Å². The van der Waals surface area contributed by atoms with E-state index >= 15 is 0 Å². The largest absolute Gasteiger partial charge is 0.454 e. The summed E-state index contributed by atoms with van der Waals surface area (Å²) in [6.45, 7) is 5.76. The van der Waals surface area contributed by atoms with E-state index in [1.54, 1.807) is 6.08 Å². The van der Waals surface area contributed by atoms with Crippen LogP contribution >= 0.6 is 0 Å². The fourth-order valence-electron chi connectivity index (χ4n) is 3.70. The van der Waals surface area contributed by atoms with Gasteiger partial charge in [-0.25, -0.2) is 0 Å². The Balaban J connectivity index is 1.47. The summed E-state index contributed by atoms with van der Waals surface area (Å²) in [7, 11) is 0. The predicted molar refractivity (Wildman–Crippen MR) is 111 cm³/mol. The number of nitrogens with one attached hydrogen (secondary N) is 1. The van der Waals surface area contributed by atoms with Crippen LogP contribution in [-0.4, -0.2) is 50.4 Å². The highest BCUT2D eigenvalue weighted by Crippen LogP contribution is 2.35. The number of allylic oxidation sites excluding steroid dienone is 1. The van der Waals surface area contributed by atoms with E-state index in [1.165, 1.54) is 0 Å². The third-order valence-electron chi connectivity index (χ3n) is 5.31. The van der Waals surface area contributed by atoms with Crippen molar-refractivity contribution in [2.45, 2.75) is 13.0 Å². The van der Waals surface area contributed by atoms with Crippen molar-refractivity contribution in [1.82, 2.24) is 10.2 Å². The highest BCUT2D eigenvalue weighted by atomic mass is 16.7. The van der Waals surface area contributed by atoms with E-state index < -0.39 is 0 Å². The van der Waals surface area contributed by atoms with Gasteiger partial charge in [0.05, 0.1) is 19.3 Å². The number of carbonyl (C=O) groups excluding carboxylic acids is 1. The molecule has 2 aliphatic heterocycles. The third kappa shape index (κ3) is 4.78. The minimum absolute atomic E-state index is 0.0442. The summed E-state index contributed by atoms with van der Waals surface area (Å²) in [4.78, 5) is 14.9. The molecule has 1 fully saturated rings. The second kappa shape index (κ2) is 9.11. The summed E-state index contributed by atoms with van der Waals surface area (Å²) in [5.41, 5.74) is 3.08. The molecule has 2 aromatic carbocycles. The predicted octanol–water partition coefficient (Wildman–Crippen LogP) is 3.01. The van der Waals surface area contributed by atoms with Gasteiger partial charge in [-0.2, -0.15) is 0 Å². The molecule has 1 amide bonds. The van der Waals surface area contributed by atoms with E-state index in [4.69, 9.17) is 14.2 Å². The van der Waals surface area contributed by atoms with Gasteiger partial charge in [-0.1, -0.05) is 36.4 Å². The van der Waals surface area contributed by atoms with Gasteiger partial charge >= 0.3 is 0 Å². The van der Waals surface area contributed by atoms with Crippen LogP contribution in [0, 0.1) is 0 Å². The maximum absolute atomic E-state index is 12.6. The molecule has 0 aromatic heterocycles. The summed E-state index contributed by atoms with van der Waals surface area (Å²) < 4.78 is 16.5. The molecule has 0 saturated carbocycles. The van der Waals surface area contributed by atoms with Gasteiger partial charge in [-0.05, 0) is 35.8 Å². The number of fused-ring (bicyclic) bond motifs is 1. The van der Waals surface area contributed by atoms with Crippen molar-refractivity contribution in [3.63, 3.8) is 0 Å². The molecule has 0 radical (unpaired) electrons. The Hall–Kier alpha value is -2.83. The zero-order valence-electron chi connectivity index (χ0n) is 16.6. The molecule has 152 valence electrons. The lowest BCUT2D eigenvalue weighted by atomic mass is 10.0. The monoisotopic (exact) mass is 394 g/mol. The fraction of sp³-hybridized carbons (Fsp3) is 0.348. The van der Waals surface area contributed by atoms with Crippen LogP contribution in [0.5, 0.6) is 11.5 Å². The van der Waals surface area contributed by atoms with E-state index in [9.17, 15) is 4.79 Å². The highest BCUT2D eigenvalue weighted by molar-refractivity contribution is 5.94. The summed E-state index contributed by atoms with van der Waals surface area (Å²) >= 11 is 0. The lowest BCUT2D eigenvalue weighted by molar-refractivity contribution is -0.116. The standard InChI is InChI=1S/C23H26N2O4/c1-17(18-5-3-2-4-6-18)13-23(26)24-15-20(25-9-11-27-12-10-25)19-7-8-21-22(14-19)29-16-28-21/h2-8,13-14,20H,9-12,15-16H2,1H3,(H,24,26)/b17-13+. The Morgan fingerprint density at radius 3 is 2.66 bits per heavy atom. The molecular weight excluding hydrogens is 368 g/mol. The SMILES string of the molecule is C/C(=C\C(=O)NCC(c1ccc2c(c1)OCO2)N1CCOCC1)c1ccccc1. The van der Waals surface area contributed by atoms with Crippen LogP contribution in [0.1, 0.15) is 24.1 Å². The van der Waals surface area contributed by atoms with Gasteiger partial charge in [0.15, 0.2) is 11.5 Å². The molecule has 0 bridgehead atoms. The number of amides is 1. The molecular formula is C23H26N2O4. The lowest BCUT2D eigenvalue weighted by Crippen LogP contribution is -2.43. The van der Waals surface area contributed by atoms with Crippen molar-refractivity contribution in [2.75, 3.05) is 39.6 Å². The van der Waals surface area contributed by atoms with Crippen LogP contribution in [0.4, 0.5) is 0 Å². The summed E-state index contributed by atoms with van der Waals surface area (Å²) in [5, 5.41) is 3.08. The topological polar surface area (TPSA) is 60.0 Å². The number of ether oxygens (including phenoxy) is 3. The number of carbonyl (C=O) groups is 1. The normalized spacial score (nSPS) is 17.8. The molecule has 1 unspecified atom stereocenters. The average molecular weight is 394 g/mol. The van der Waals surface area contributed by atoms with E-state index in [2.05, 4.69) is 10.2 Å². The van der Waals surface area contributed by atoms with Crippen LogP contribution in [0.25, 0.3) is 5.57 Å². The van der Waals surface area contributed by atoms with Gasteiger partial charge in [0, 0.05) is 25.7 Å². The molecule has 2 aromatic rings. The average Bonchev–Trinajstić information content (AvgIpc) is 3.23. The van der Waals surface area contributed by atoms with Crippen LogP contribution in [-0.2, 0) is 9.53 Å². The van der Waals surface area contributed by atoms with Crippen molar-refractivity contribution in [3.8, 4) is 11.5 Å². The third-order valence-corrected chi connectivity index (χ3v) is 5.31. The molecule has 1 saturated heterocycles. The molecule has 0 spiro atoms. The Labute approximate surface area is 171 Å². The Bertz CT molecular complexity index is 876. The van der Waals surface area contributed by atoms with E-state index in [0.717, 1.165) is 41.3 Å². The summed E-state index contributed by atoms with van der Waals surface area (Å²) in [5.74, 6) is 1.43. The molecule has 2 aliphatic rings. The van der Waals surface area contributed by atoms with Crippen molar-refractivity contribution in [2.24, 2.45) is 0 Å². The minimum atomic E-state index is -0.0923. The van der Waals surface area contributed by atoms with Gasteiger partial charge < -0.3 is 19.5 Å². The van der Waals surface area contributed by atoms with E-state index in [-0.39, 0.29) is 18.7 Å². The molecule has 1 atom stereocenters. The van der Waals surface area contributed by atoms with Crippen molar-refractivity contribution < 1.29 is 19.0 Å². The number of nitrogens with zero attached hydrogens (tertiary/aromatic N) is 1. The number of rotatable bonds is 6. The maximum Gasteiger partial charge on any atom is 0.244 e. The summed E-state index contributed by atoms with van der Waals surface area (Å²) in [6.07, 6.45) is 1.66. The van der Waals surface area contributed by atoms with Crippen molar-refractivity contribution >= 4 is 11.5 Å². The second-order valence-corrected chi connectivity index (χ2v) is 7.22. The van der Waals surface area contributed by atoms with Gasteiger partial charge in [0.2, 0.25) is 12.7 Å². The van der Waals surface area contributed by atoms with Gasteiger partial charge in [0.25, 0.3) is 0 Å². The minimum Gasteiger partial charge on any atom is -0.454 e. The van der Waals surface area contributed by atoms with Crippen molar-refractivity contribution in [1.29, 1.82) is 0 Å². The molecule has 1 N–H and O–H groups in total. The first kappa shape index (κ1) is 19.5. The van der Waals surface area contributed by atoms with Crippen molar-refractivity contribution in [3.05, 3.63) is 65.7 Å². The first-order chi connectivity index (χ1) is 14.2. The maximum atomic E-state index is 12.6. The van der Waals surface area contributed by atoms with Crippen LogP contribution in [0.2, 0.25) is 0 Å². The number of hydrogen-bond acceptors (Lipinski definition) is 5. The Morgan fingerprint density at radius 1 is 1.10 bits per heavy atom. The molecule has 6 nitrogen and oxygen atoms in total. The van der Waals surface area contributed by atoms with Gasteiger partial charge in [0.1, 0.15) is 0 Å². The molecule has 0 aliphatic carbocycles. The lowest BCUT2D eigenvalue weighted by Gasteiger charge is -2.35. The zero-order valence-corrected chi connectivity index (χ0v) is 16.6. The molecule has 4 rings (SSSR count). The van der Waals surface area contributed by atoms with Gasteiger partial charge in [-0.15, -0.1) is 0 Å². The molecule has 2 heterocycles. The number of hydrogen-bond donors (Lipinski definition) is 1. The first-order valence-corrected chi connectivity index (χ1v) is 9.93. The second-order valence-electron chi connectivity index (χ2n) is 7.22. The molecule has 6 heteroatoms. The smallest absolute Gasteiger partial charge is 0.244 e.